The molecule has 108 valence electrons. The maximum Gasteiger partial charge on any atom is 0.281 e. The van der Waals surface area contributed by atoms with Crippen molar-refractivity contribution >= 4 is 15.9 Å². The average molecular weight is 294 g/mol. The molecule has 0 aromatic heterocycles. The van der Waals surface area contributed by atoms with E-state index in [-0.39, 0.29) is 0 Å². The summed E-state index contributed by atoms with van der Waals surface area (Å²) in [5.74, 6) is 0. The lowest BCUT2D eigenvalue weighted by atomic mass is 10.2. The molecule has 0 amide bonds. The van der Waals surface area contributed by atoms with E-state index in [0.717, 1.165) is 5.69 Å². The van der Waals surface area contributed by atoms with Crippen LogP contribution in [0.3, 0.4) is 0 Å². The highest BCUT2D eigenvalue weighted by atomic mass is 32.2. The fraction of sp³-hybridized carbons (Fsp3) is 0.462. The lowest BCUT2D eigenvalue weighted by Gasteiger charge is -2.36. The predicted molar refractivity (Wildman–Crippen MR) is 77.5 cm³/mol. The number of piperazine rings is 1. The Kier molecular flexibility index (Phi) is 4.28. The molecule has 1 aromatic rings. The molecule has 0 saturated carbocycles. The quantitative estimate of drug-likeness (QED) is 0.813. The van der Waals surface area contributed by atoms with Crippen molar-refractivity contribution in [2.45, 2.75) is 0 Å². The molecule has 0 unspecified atom stereocenters. The summed E-state index contributed by atoms with van der Waals surface area (Å²) in [4.78, 5) is 2.10. The molecular formula is C13H18N4O2S. The van der Waals surface area contributed by atoms with Crippen molar-refractivity contribution in [3.8, 4) is 6.07 Å². The zero-order valence-corrected chi connectivity index (χ0v) is 12.5. The van der Waals surface area contributed by atoms with Crippen molar-refractivity contribution in [3.63, 3.8) is 0 Å². The minimum atomic E-state index is -3.33. The Labute approximate surface area is 120 Å². The van der Waals surface area contributed by atoms with Gasteiger partial charge in [-0.05, 0) is 18.2 Å². The molecule has 0 aliphatic carbocycles. The Morgan fingerprint density at radius 3 is 2.40 bits per heavy atom. The molecule has 1 aliphatic heterocycles. The van der Waals surface area contributed by atoms with Gasteiger partial charge < -0.3 is 4.90 Å². The highest BCUT2D eigenvalue weighted by Crippen LogP contribution is 2.19. The van der Waals surface area contributed by atoms with E-state index in [4.69, 9.17) is 5.26 Å². The first-order valence-corrected chi connectivity index (χ1v) is 7.77. The highest BCUT2D eigenvalue weighted by molar-refractivity contribution is 7.86. The Morgan fingerprint density at radius 2 is 1.85 bits per heavy atom. The van der Waals surface area contributed by atoms with Crippen LogP contribution in [0.2, 0.25) is 0 Å². The van der Waals surface area contributed by atoms with Crippen molar-refractivity contribution < 1.29 is 8.42 Å². The second-order valence-corrected chi connectivity index (χ2v) is 6.98. The molecule has 0 radical (unpaired) electrons. The Bertz CT molecular complexity index is 614. The van der Waals surface area contributed by atoms with Crippen molar-refractivity contribution in [2.75, 3.05) is 45.2 Å². The number of rotatable bonds is 3. The number of benzene rings is 1. The summed E-state index contributed by atoms with van der Waals surface area (Å²) in [6, 6.07) is 9.49. The van der Waals surface area contributed by atoms with E-state index in [1.807, 2.05) is 18.2 Å². The number of anilines is 1. The standard InChI is InChI=1S/C13H18N4O2S/c1-15(2)20(18,19)17-8-6-16(7-9-17)13-5-3-4-12(10-13)11-14/h3-5,10H,6-9H2,1-2H3. The van der Waals surface area contributed by atoms with Gasteiger partial charge in [-0.3, -0.25) is 0 Å². The zero-order chi connectivity index (χ0) is 14.8. The minimum Gasteiger partial charge on any atom is -0.369 e. The van der Waals surface area contributed by atoms with Crippen LogP contribution < -0.4 is 4.90 Å². The fourth-order valence-electron chi connectivity index (χ4n) is 2.18. The molecule has 1 saturated heterocycles. The summed E-state index contributed by atoms with van der Waals surface area (Å²) in [5, 5.41) is 8.91. The maximum atomic E-state index is 12.0. The third kappa shape index (κ3) is 2.93. The maximum absolute atomic E-state index is 12.0. The van der Waals surface area contributed by atoms with Crippen LogP contribution in [0.25, 0.3) is 0 Å². The Balaban J connectivity index is 2.07. The van der Waals surface area contributed by atoms with E-state index in [1.165, 1.54) is 22.7 Å². The van der Waals surface area contributed by atoms with Gasteiger partial charge >= 0.3 is 0 Å². The first-order chi connectivity index (χ1) is 9.45. The molecule has 6 nitrogen and oxygen atoms in total. The molecule has 1 fully saturated rings. The van der Waals surface area contributed by atoms with E-state index >= 15 is 0 Å². The molecule has 7 heteroatoms. The third-order valence-electron chi connectivity index (χ3n) is 3.37. The zero-order valence-electron chi connectivity index (χ0n) is 11.7. The summed E-state index contributed by atoms with van der Waals surface area (Å²) in [7, 11) is -0.251. The van der Waals surface area contributed by atoms with Crippen molar-refractivity contribution in [1.82, 2.24) is 8.61 Å². The molecule has 0 bridgehead atoms. The Morgan fingerprint density at radius 1 is 1.20 bits per heavy atom. The summed E-state index contributed by atoms with van der Waals surface area (Å²) >= 11 is 0. The minimum absolute atomic E-state index is 0.456. The van der Waals surface area contributed by atoms with E-state index in [1.54, 1.807) is 6.07 Å². The number of hydrogen-bond acceptors (Lipinski definition) is 4. The summed E-state index contributed by atoms with van der Waals surface area (Å²) in [6.45, 7) is 2.17. The molecule has 1 aliphatic rings. The Hall–Kier alpha value is -1.62. The van der Waals surface area contributed by atoms with Crippen LogP contribution in [-0.2, 0) is 10.2 Å². The smallest absolute Gasteiger partial charge is 0.281 e. The molecular weight excluding hydrogens is 276 g/mol. The predicted octanol–water partition coefficient (Wildman–Crippen LogP) is 0.487. The van der Waals surface area contributed by atoms with Crippen LogP contribution >= 0.6 is 0 Å². The number of hydrogen-bond donors (Lipinski definition) is 0. The first kappa shape index (κ1) is 14.8. The van der Waals surface area contributed by atoms with Gasteiger partial charge in [0.25, 0.3) is 10.2 Å². The van der Waals surface area contributed by atoms with Gasteiger partial charge in [-0.2, -0.15) is 22.3 Å². The fourth-order valence-corrected chi connectivity index (χ4v) is 3.27. The highest BCUT2D eigenvalue weighted by Gasteiger charge is 2.28. The van der Waals surface area contributed by atoms with Crippen molar-refractivity contribution in [1.29, 1.82) is 5.26 Å². The largest absolute Gasteiger partial charge is 0.369 e. The molecule has 1 heterocycles. The van der Waals surface area contributed by atoms with Crippen LogP contribution in [0.5, 0.6) is 0 Å². The summed E-state index contributed by atoms with van der Waals surface area (Å²) in [6.07, 6.45) is 0. The van der Waals surface area contributed by atoms with Gasteiger partial charge in [0.1, 0.15) is 0 Å². The lowest BCUT2D eigenvalue weighted by Crippen LogP contribution is -2.51. The second-order valence-electron chi connectivity index (χ2n) is 4.84. The van der Waals surface area contributed by atoms with Crippen LogP contribution in [0.1, 0.15) is 5.56 Å². The van der Waals surface area contributed by atoms with E-state index in [2.05, 4.69) is 11.0 Å². The van der Waals surface area contributed by atoms with Gasteiger partial charge in [0.2, 0.25) is 0 Å². The van der Waals surface area contributed by atoms with Crippen LogP contribution in [-0.4, -0.2) is 57.3 Å². The molecule has 20 heavy (non-hydrogen) atoms. The first-order valence-electron chi connectivity index (χ1n) is 6.38. The normalized spacial score (nSPS) is 17.2. The molecule has 2 rings (SSSR count). The number of nitrogens with zero attached hydrogens (tertiary/aromatic N) is 4. The van der Waals surface area contributed by atoms with E-state index < -0.39 is 10.2 Å². The van der Waals surface area contributed by atoms with Crippen molar-refractivity contribution in [3.05, 3.63) is 29.8 Å². The van der Waals surface area contributed by atoms with Crippen LogP contribution in [0.4, 0.5) is 5.69 Å². The molecule has 0 spiro atoms. The van der Waals surface area contributed by atoms with E-state index in [9.17, 15) is 8.42 Å². The molecule has 0 atom stereocenters. The molecule has 0 N–H and O–H groups in total. The van der Waals surface area contributed by atoms with E-state index in [0.29, 0.717) is 31.7 Å². The van der Waals surface area contributed by atoms with Gasteiger partial charge in [0, 0.05) is 46.0 Å². The summed E-state index contributed by atoms with van der Waals surface area (Å²) < 4.78 is 26.8. The molecule has 1 aromatic carbocycles. The SMILES string of the molecule is CN(C)S(=O)(=O)N1CCN(c2cccc(C#N)c2)CC1. The van der Waals surface area contributed by atoms with Gasteiger partial charge in [-0.1, -0.05) is 6.07 Å². The van der Waals surface area contributed by atoms with Crippen LogP contribution in [0, 0.1) is 11.3 Å². The summed E-state index contributed by atoms with van der Waals surface area (Å²) in [5.41, 5.74) is 1.58. The van der Waals surface area contributed by atoms with Gasteiger partial charge in [0.05, 0.1) is 11.6 Å². The second kappa shape index (κ2) is 5.79. The van der Waals surface area contributed by atoms with Crippen LogP contribution in [0.15, 0.2) is 24.3 Å². The van der Waals surface area contributed by atoms with Gasteiger partial charge in [0.15, 0.2) is 0 Å². The van der Waals surface area contributed by atoms with Gasteiger partial charge in [-0.15, -0.1) is 0 Å². The topological polar surface area (TPSA) is 67.7 Å². The lowest BCUT2D eigenvalue weighted by molar-refractivity contribution is 0.355. The van der Waals surface area contributed by atoms with Crippen molar-refractivity contribution in [2.24, 2.45) is 0 Å². The number of nitriles is 1. The average Bonchev–Trinajstić information content (AvgIpc) is 2.47. The monoisotopic (exact) mass is 294 g/mol. The van der Waals surface area contributed by atoms with Gasteiger partial charge in [-0.25, -0.2) is 0 Å². The third-order valence-corrected chi connectivity index (χ3v) is 5.31.